The van der Waals surface area contributed by atoms with Crippen LogP contribution in [0.5, 0.6) is 0 Å². The van der Waals surface area contributed by atoms with Crippen LogP contribution < -0.4 is 5.32 Å². The van der Waals surface area contributed by atoms with Gasteiger partial charge in [-0.25, -0.2) is 9.97 Å². The van der Waals surface area contributed by atoms with Gasteiger partial charge in [-0.15, -0.1) is 10.2 Å². The Labute approximate surface area is 128 Å². The fourth-order valence-corrected chi connectivity index (χ4v) is 3.13. The number of nitrogens with one attached hydrogen (secondary N) is 1. The van der Waals surface area contributed by atoms with Gasteiger partial charge in [0.1, 0.15) is 18.0 Å². The van der Waals surface area contributed by atoms with Crippen molar-refractivity contribution in [2.75, 3.05) is 17.6 Å². The van der Waals surface area contributed by atoms with Crippen LogP contribution in [0.1, 0.15) is 37.2 Å². The molecule has 2 aromatic heterocycles. The zero-order chi connectivity index (χ0) is 14.7. The van der Waals surface area contributed by atoms with Crippen LogP contribution in [0, 0.1) is 6.92 Å². The van der Waals surface area contributed by atoms with Crippen LogP contribution in [0.3, 0.4) is 0 Å². The van der Waals surface area contributed by atoms with Gasteiger partial charge in [0.25, 0.3) is 0 Å². The topological polar surface area (TPSA) is 68.5 Å². The lowest BCUT2D eigenvalue weighted by Crippen LogP contribution is -2.07. The van der Waals surface area contributed by atoms with Gasteiger partial charge in [-0.2, -0.15) is 0 Å². The molecular weight excluding hydrogens is 284 g/mol. The normalized spacial score (nSPS) is 14.4. The second-order valence-corrected chi connectivity index (χ2v) is 6.21. The number of hydrogen-bond donors (Lipinski definition) is 1. The van der Waals surface area contributed by atoms with E-state index in [9.17, 15) is 0 Å². The van der Waals surface area contributed by atoms with Crippen LogP contribution >= 0.6 is 11.8 Å². The number of thioether (sulfide) groups is 1. The summed E-state index contributed by atoms with van der Waals surface area (Å²) in [5.41, 5.74) is 1.17. The number of anilines is 1. The van der Waals surface area contributed by atoms with Crippen molar-refractivity contribution >= 4 is 17.6 Å². The maximum Gasteiger partial charge on any atom is 0.191 e. The predicted octanol–water partition coefficient (Wildman–Crippen LogP) is 2.48. The summed E-state index contributed by atoms with van der Waals surface area (Å²) in [4.78, 5) is 8.59. The molecular formula is C14H20N6S. The number of aryl methyl sites for hydroxylation is 1. The van der Waals surface area contributed by atoms with Crippen molar-refractivity contribution in [3.8, 4) is 0 Å². The molecule has 0 unspecified atom stereocenters. The van der Waals surface area contributed by atoms with Crippen molar-refractivity contribution in [1.82, 2.24) is 24.7 Å². The number of aromatic nitrogens is 5. The summed E-state index contributed by atoms with van der Waals surface area (Å²) in [5, 5.41) is 12.6. The number of hydrogen-bond acceptors (Lipinski definition) is 6. The Morgan fingerprint density at radius 1 is 1.33 bits per heavy atom. The zero-order valence-corrected chi connectivity index (χ0v) is 13.2. The molecule has 0 aromatic carbocycles. The average Bonchev–Trinajstić information content (AvgIpc) is 3.29. The Bertz CT molecular complexity index is 607. The zero-order valence-electron chi connectivity index (χ0n) is 12.4. The summed E-state index contributed by atoms with van der Waals surface area (Å²) < 4.78 is 2.13. The molecule has 0 amide bonds. The summed E-state index contributed by atoms with van der Waals surface area (Å²) in [6.45, 7) is 5.85. The fraction of sp³-hybridized carbons (Fsp3) is 0.571. The average molecular weight is 304 g/mol. The smallest absolute Gasteiger partial charge is 0.191 e. The monoisotopic (exact) mass is 304 g/mol. The molecule has 0 bridgehead atoms. The van der Waals surface area contributed by atoms with E-state index < -0.39 is 0 Å². The van der Waals surface area contributed by atoms with E-state index in [4.69, 9.17) is 0 Å². The van der Waals surface area contributed by atoms with E-state index in [1.165, 1.54) is 18.5 Å². The Morgan fingerprint density at radius 2 is 2.19 bits per heavy atom. The maximum absolute atomic E-state index is 4.32. The Hall–Kier alpha value is -1.63. The third kappa shape index (κ3) is 3.53. The minimum absolute atomic E-state index is 0.661. The summed E-state index contributed by atoms with van der Waals surface area (Å²) >= 11 is 1.72. The van der Waals surface area contributed by atoms with Gasteiger partial charge in [-0.1, -0.05) is 11.8 Å². The molecule has 2 aromatic rings. The van der Waals surface area contributed by atoms with Crippen molar-refractivity contribution in [3.63, 3.8) is 0 Å². The van der Waals surface area contributed by atoms with E-state index in [1.54, 1.807) is 18.1 Å². The third-order valence-electron chi connectivity index (χ3n) is 3.54. The SMILES string of the molecule is CCn1c(C)nnc1SCCNc1cc(C2CC2)ncn1. The summed E-state index contributed by atoms with van der Waals surface area (Å²) in [5.74, 6) is 3.48. The first kappa shape index (κ1) is 14.3. The third-order valence-corrected chi connectivity index (χ3v) is 4.51. The minimum Gasteiger partial charge on any atom is -0.369 e. The van der Waals surface area contributed by atoms with Crippen LogP contribution in [0.15, 0.2) is 17.6 Å². The maximum atomic E-state index is 4.32. The molecule has 21 heavy (non-hydrogen) atoms. The molecule has 3 rings (SSSR count). The highest BCUT2D eigenvalue weighted by atomic mass is 32.2. The second kappa shape index (κ2) is 6.43. The van der Waals surface area contributed by atoms with Gasteiger partial charge in [-0.3, -0.25) is 0 Å². The Kier molecular flexibility index (Phi) is 4.38. The van der Waals surface area contributed by atoms with Gasteiger partial charge in [0.15, 0.2) is 5.16 Å². The molecule has 1 aliphatic rings. The van der Waals surface area contributed by atoms with E-state index in [0.29, 0.717) is 5.92 Å². The van der Waals surface area contributed by atoms with Crippen molar-refractivity contribution in [2.24, 2.45) is 0 Å². The lowest BCUT2D eigenvalue weighted by molar-refractivity contribution is 0.662. The van der Waals surface area contributed by atoms with E-state index >= 15 is 0 Å². The Balaban J connectivity index is 1.48. The predicted molar refractivity (Wildman–Crippen MR) is 83.7 cm³/mol. The first-order chi connectivity index (χ1) is 10.3. The molecule has 0 atom stereocenters. The molecule has 2 heterocycles. The molecule has 0 saturated heterocycles. The summed E-state index contributed by atoms with van der Waals surface area (Å²) in [6, 6.07) is 2.07. The van der Waals surface area contributed by atoms with E-state index in [0.717, 1.165) is 35.6 Å². The van der Waals surface area contributed by atoms with E-state index in [-0.39, 0.29) is 0 Å². The standard InChI is InChI=1S/C14H20N6S/c1-3-20-10(2)18-19-14(20)21-7-6-15-13-8-12(11-4-5-11)16-9-17-13/h8-9,11H,3-7H2,1-2H3,(H,15,16,17). The highest BCUT2D eigenvalue weighted by Crippen LogP contribution is 2.39. The van der Waals surface area contributed by atoms with E-state index in [2.05, 4.69) is 43.0 Å². The second-order valence-electron chi connectivity index (χ2n) is 5.15. The highest BCUT2D eigenvalue weighted by molar-refractivity contribution is 7.99. The molecule has 1 fully saturated rings. The number of nitrogens with zero attached hydrogens (tertiary/aromatic N) is 5. The summed E-state index contributed by atoms with van der Waals surface area (Å²) in [6.07, 6.45) is 4.18. The molecule has 1 aliphatic carbocycles. The van der Waals surface area contributed by atoms with Crippen LogP contribution in [-0.4, -0.2) is 37.0 Å². The molecule has 1 N–H and O–H groups in total. The Morgan fingerprint density at radius 3 is 2.95 bits per heavy atom. The van der Waals surface area contributed by atoms with Gasteiger partial charge in [0.2, 0.25) is 0 Å². The fourth-order valence-electron chi connectivity index (χ4n) is 2.23. The van der Waals surface area contributed by atoms with Crippen molar-refractivity contribution < 1.29 is 0 Å². The molecule has 0 aliphatic heterocycles. The molecule has 0 radical (unpaired) electrons. The van der Waals surface area contributed by atoms with Crippen molar-refractivity contribution in [1.29, 1.82) is 0 Å². The largest absolute Gasteiger partial charge is 0.369 e. The van der Waals surface area contributed by atoms with Gasteiger partial charge in [0.05, 0.1) is 0 Å². The van der Waals surface area contributed by atoms with Gasteiger partial charge < -0.3 is 9.88 Å². The first-order valence-electron chi connectivity index (χ1n) is 7.36. The quantitative estimate of drug-likeness (QED) is 0.626. The summed E-state index contributed by atoms with van der Waals surface area (Å²) in [7, 11) is 0. The minimum atomic E-state index is 0.661. The van der Waals surface area contributed by atoms with E-state index in [1.807, 2.05) is 6.92 Å². The highest BCUT2D eigenvalue weighted by Gasteiger charge is 2.25. The molecule has 7 heteroatoms. The van der Waals surface area contributed by atoms with Crippen LogP contribution in [-0.2, 0) is 6.54 Å². The first-order valence-corrected chi connectivity index (χ1v) is 8.35. The molecule has 0 spiro atoms. The van der Waals surface area contributed by atoms with Crippen LogP contribution in [0.4, 0.5) is 5.82 Å². The van der Waals surface area contributed by atoms with Gasteiger partial charge >= 0.3 is 0 Å². The van der Waals surface area contributed by atoms with Gasteiger partial charge in [0, 0.05) is 36.5 Å². The molecule has 6 nitrogen and oxygen atoms in total. The van der Waals surface area contributed by atoms with Crippen LogP contribution in [0.25, 0.3) is 0 Å². The van der Waals surface area contributed by atoms with Crippen molar-refractivity contribution in [2.45, 2.75) is 44.3 Å². The van der Waals surface area contributed by atoms with Gasteiger partial charge in [-0.05, 0) is 26.7 Å². The van der Waals surface area contributed by atoms with Crippen LogP contribution in [0.2, 0.25) is 0 Å². The lowest BCUT2D eigenvalue weighted by atomic mass is 10.3. The molecule has 1 saturated carbocycles. The van der Waals surface area contributed by atoms with Crippen molar-refractivity contribution in [3.05, 3.63) is 23.9 Å². The molecule has 112 valence electrons. The lowest BCUT2D eigenvalue weighted by Gasteiger charge is -2.07. The number of rotatable bonds is 7.